The summed E-state index contributed by atoms with van der Waals surface area (Å²) in [5.74, 6) is 1.76. The fourth-order valence-electron chi connectivity index (χ4n) is 7.73. The van der Waals surface area contributed by atoms with E-state index in [0.717, 1.165) is 77.0 Å². The second-order valence-electron chi connectivity index (χ2n) is 12.9. The lowest BCUT2D eigenvalue weighted by Gasteiger charge is -2.11. The summed E-state index contributed by atoms with van der Waals surface area (Å²) in [4.78, 5) is 15.5. The molecule has 7 aromatic carbocycles. The average molecular weight is 654 g/mol. The van der Waals surface area contributed by atoms with Gasteiger partial charge in [-0.05, 0) is 60.7 Å². The zero-order valence-corrected chi connectivity index (χ0v) is 27.2. The van der Waals surface area contributed by atoms with Crippen LogP contribution in [0.4, 0.5) is 0 Å². The molecule has 0 unspecified atom stereocenters. The molecule has 6 nitrogen and oxygen atoms in total. The molecule has 11 rings (SSSR count). The SMILES string of the molecule is c1ccc(-c2nc(-c3ccc4c(c3)c3ccccc3n4-c3ccccc3)nc(-n3c4ccccc4c4c5oc6ccccc6c5ccc43)n2)cc1. The third kappa shape index (κ3) is 4.14. The van der Waals surface area contributed by atoms with Crippen molar-refractivity contribution in [2.24, 2.45) is 0 Å². The molecule has 11 aromatic rings. The largest absolute Gasteiger partial charge is 0.455 e. The Morgan fingerprint density at radius 1 is 0.392 bits per heavy atom. The van der Waals surface area contributed by atoms with E-state index in [2.05, 4.69) is 130 Å². The molecule has 0 N–H and O–H groups in total. The Kier molecular flexibility index (Phi) is 5.86. The Bertz CT molecular complexity index is 3140. The first-order valence-corrected chi connectivity index (χ1v) is 17.0. The molecule has 4 aromatic heterocycles. The summed E-state index contributed by atoms with van der Waals surface area (Å²) in [5.41, 5.74) is 8.94. The lowest BCUT2D eigenvalue weighted by atomic mass is 10.1. The van der Waals surface area contributed by atoms with E-state index >= 15 is 0 Å². The molecule has 0 saturated heterocycles. The number of hydrogen-bond donors (Lipinski definition) is 0. The first kappa shape index (κ1) is 27.9. The van der Waals surface area contributed by atoms with Gasteiger partial charge < -0.3 is 8.98 Å². The van der Waals surface area contributed by atoms with Crippen LogP contribution in [-0.2, 0) is 0 Å². The average Bonchev–Trinajstić information content (AvgIpc) is 3.86. The Morgan fingerprint density at radius 2 is 1.00 bits per heavy atom. The van der Waals surface area contributed by atoms with Gasteiger partial charge in [-0.2, -0.15) is 9.97 Å². The number of nitrogens with zero attached hydrogens (tertiary/aromatic N) is 5. The van der Waals surface area contributed by atoms with Gasteiger partial charge in [0.2, 0.25) is 5.95 Å². The van der Waals surface area contributed by atoms with Crippen LogP contribution in [0.5, 0.6) is 0 Å². The van der Waals surface area contributed by atoms with E-state index in [4.69, 9.17) is 19.4 Å². The fraction of sp³-hybridized carbons (Fsp3) is 0. The van der Waals surface area contributed by atoms with Crippen LogP contribution in [0.3, 0.4) is 0 Å². The van der Waals surface area contributed by atoms with E-state index in [-0.39, 0.29) is 0 Å². The van der Waals surface area contributed by atoms with E-state index in [9.17, 15) is 0 Å². The first-order chi connectivity index (χ1) is 25.3. The van der Waals surface area contributed by atoms with Crippen molar-refractivity contribution in [3.05, 3.63) is 164 Å². The molecular formula is C45H27N5O. The molecule has 51 heavy (non-hydrogen) atoms. The Labute approximate surface area is 291 Å². The molecule has 6 heteroatoms. The molecule has 4 heterocycles. The summed E-state index contributed by atoms with van der Waals surface area (Å²) in [7, 11) is 0. The van der Waals surface area contributed by atoms with E-state index in [1.54, 1.807) is 0 Å². The number of furan rings is 1. The predicted molar refractivity (Wildman–Crippen MR) is 207 cm³/mol. The van der Waals surface area contributed by atoms with E-state index in [1.807, 2.05) is 42.5 Å². The van der Waals surface area contributed by atoms with Gasteiger partial charge in [-0.25, -0.2) is 4.98 Å². The van der Waals surface area contributed by atoms with E-state index in [1.165, 1.54) is 5.39 Å². The molecule has 0 atom stereocenters. The highest BCUT2D eigenvalue weighted by Crippen LogP contribution is 2.41. The maximum absolute atomic E-state index is 6.55. The second-order valence-corrected chi connectivity index (χ2v) is 12.9. The summed E-state index contributed by atoms with van der Waals surface area (Å²) in [5, 5.41) is 6.62. The highest BCUT2D eigenvalue weighted by atomic mass is 16.3. The second kappa shape index (κ2) is 10.7. The van der Waals surface area contributed by atoms with Crippen molar-refractivity contribution in [3.8, 4) is 34.4 Å². The van der Waals surface area contributed by atoms with Crippen LogP contribution >= 0.6 is 0 Å². The van der Waals surface area contributed by atoms with Gasteiger partial charge in [0, 0.05) is 43.7 Å². The number of aromatic nitrogens is 5. The summed E-state index contributed by atoms with van der Waals surface area (Å²) in [6.45, 7) is 0. The van der Waals surface area contributed by atoms with Crippen LogP contribution in [0.1, 0.15) is 0 Å². The lowest BCUT2D eigenvalue weighted by molar-refractivity contribution is 0.673. The molecule has 0 radical (unpaired) electrons. The minimum absolute atomic E-state index is 0.548. The van der Waals surface area contributed by atoms with Crippen LogP contribution in [0.2, 0.25) is 0 Å². The number of benzene rings is 7. The standard InChI is InChI=1S/C45H27N5O/c1-3-13-28(14-4-1)43-46-44(29-23-25-38-35(27-29)31-17-7-10-20-36(31)49(38)30-15-5-2-6-16-30)48-45(47-43)50-37-21-11-8-19-34(37)41-39(50)26-24-33-32-18-9-12-22-40(32)51-42(33)41/h1-27H. The Balaban J connectivity index is 1.19. The van der Waals surface area contributed by atoms with E-state index < -0.39 is 0 Å². The van der Waals surface area contributed by atoms with Crippen LogP contribution in [0.25, 0.3) is 100.0 Å². The number of rotatable bonds is 4. The minimum atomic E-state index is 0.548. The van der Waals surface area contributed by atoms with E-state index in [0.29, 0.717) is 17.6 Å². The molecule has 0 bridgehead atoms. The third-order valence-electron chi connectivity index (χ3n) is 9.98. The van der Waals surface area contributed by atoms with Gasteiger partial charge in [-0.3, -0.25) is 4.57 Å². The molecule has 0 aliphatic heterocycles. The van der Waals surface area contributed by atoms with Crippen LogP contribution in [-0.4, -0.2) is 24.1 Å². The van der Waals surface area contributed by atoms with Crippen LogP contribution in [0, 0.1) is 0 Å². The van der Waals surface area contributed by atoms with Gasteiger partial charge in [0.1, 0.15) is 11.2 Å². The number of hydrogen-bond acceptors (Lipinski definition) is 4. The zero-order valence-electron chi connectivity index (χ0n) is 27.2. The van der Waals surface area contributed by atoms with Crippen molar-refractivity contribution in [2.45, 2.75) is 0 Å². The van der Waals surface area contributed by atoms with Crippen molar-refractivity contribution in [1.29, 1.82) is 0 Å². The van der Waals surface area contributed by atoms with Crippen LogP contribution < -0.4 is 0 Å². The normalized spacial score (nSPS) is 11.9. The molecule has 0 spiro atoms. The predicted octanol–water partition coefficient (Wildman–Crippen LogP) is 11.3. The highest BCUT2D eigenvalue weighted by Gasteiger charge is 2.22. The summed E-state index contributed by atoms with van der Waals surface area (Å²) in [6, 6.07) is 56.6. The monoisotopic (exact) mass is 653 g/mol. The van der Waals surface area contributed by atoms with Crippen molar-refractivity contribution in [1.82, 2.24) is 24.1 Å². The molecule has 0 aliphatic carbocycles. The quantitative estimate of drug-likeness (QED) is 0.190. The third-order valence-corrected chi connectivity index (χ3v) is 9.98. The highest BCUT2D eigenvalue weighted by molar-refractivity contribution is 6.23. The number of fused-ring (bicyclic) bond motifs is 10. The van der Waals surface area contributed by atoms with Gasteiger partial charge in [0.25, 0.3) is 0 Å². The fourth-order valence-corrected chi connectivity index (χ4v) is 7.73. The topological polar surface area (TPSA) is 61.7 Å². The summed E-state index contributed by atoms with van der Waals surface area (Å²) < 4.78 is 11.0. The number of para-hydroxylation sites is 4. The van der Waals surface area contributed by atoms with Gasteiger partial charge >= 0.3 is 0 Å². The molecule has 0 fully saturated rings. The molecular weight excluding hydrogens is 627 g/mol. The van der Waals surface area contributed by atoms with Crippen molar-refractivity contribution < 1.29 is 4.42 Å². The molecule has 0 amide bonds. The van der Waals surface area contributed by atoms with Gasteiger partial charge in [-0.1, -0.05) is 103 Å². The summed E-state index contributed by atoms with van der Waals surface area (Å²) >= 11 is 0. The Morgan fingerprint density at radius 3 is 1.80 bits per heavy atom. The zero-order chi connectivity index (χ0) is 33.5. The minimum Gasteiger partial charge on any atom is -0.455 e. The van der Waals surface area contributed by atoms with Gasteiger partial charge in [0.15, 0.2) is 11.6 Å². The molecule has 0 aliphatic rings. The Hall–Kier alpha value is -7.05. The van der Waals surface area contributed by atoms with Crippen molar-refractivity contribution >= 4 is 65.6 Å². The van der Waals surface area contributed by atoms with Crippen LogP contribution in [0.15, 0.2) is 168 Å². The molecule has 238 valence electrons. The lowest BCUT2D eigenvalue weighted by Crippen LogP contribution is -2.06. The van der Waals surface area contributed by atoms with Gasteiger partial charge in [-0.15, -0.1) is 0 Å². The maximum Gasteiger partial charge on any atom is 0.238 e. The molecule has 0 saturated carbocycles. The smallest absolute Gasteiger partial charge is 0.238 e. The van der Waals surface area contributed by atoms with Crippen molar-refractivity contribution in [3.63, 3.8) is 0 Å². The first-order valence-electron chi connectivity index (χ1n) is 17.0. The summed E-state index contributed by atoms with van der Waals surface area (Å²) in [6.07, 6.45) is 0. The van der Waals surface area contributed by atoms with Crippen molar-refractivity contribution in [2.75, 3.05) is 0 Å². The van der Waals surface area contributed by atoms with Gasteiger partial charge in [0.05, 0.1) is 27.5 Å². The maximum atomic E-state index is 6.55.